The molecule has 1 amide bonds. The zero-order chi connectivity index (χ0) is 21.1. The molecule has 0 saturated carbocycles. The molecule has 1 aliphatic carbocycles. The quantitative estimate of drug-likeness (QED) is 0.571. The van der Waals surface area contributed by atoms with Crippen LogP contribution in [0.5, 0.6) is 0 Å². The van der Waals surface area contributed by atoms with Crippen molar-refractivity contribution in [3.05, 3.63) is 66.0 Å². The Hall–Kier alpha value is -2.62. The predicted octanol–water partition coefficient (Wildman–Crippen LogP) is 3.13. The molecule has 30 heavy (non-hydrogen) atoms. The van der Waals surface area contributed by atoms with Crippen molar-refractivity contribution in [3.8, 4) is 5.69 Å². The molecule has 0 bridgehead atoms. The van der Waals surface area contributed by atoms with Crippen molar-refractivity contribution in [1.29, 1.82) is 0 Å². The average molecular weight is 443 g/mol. The number of carbonyl (C=O) groups is 1. The van der Waals surface area contributed by atoms with Crippen molar-refractivity contribution >= 4 is 33.4 Å². The lowest BCUT2D eigenvalue weighted by Crippen LogP contribution is -2.16. The summed E-state index contributed by atoms with van der Waals surface area (Å²) in [6.45, 7) is 0. The van der Waals surface area contributed by atoms with E-state index in [4.69, 9.17) is 10.1 Å². The van der Waals surface area contributed by atoms with Gasteiger partial charge in [-0.3, -0.25) is 9.36 Å². The summed E-state index contributed by atoms with van der Waals surface area (Å²) in [5, 5.41) is 8.68. The number of anilines is 1. The van der Waals surface area contributed by atoms with Crippen molar-refractivity contribution in [3.63, 3.8) is 0 Å². The molecule has 1 aliphatic rings. The minimum absolute atomic E-state index is 0.0414. The molecule has 156 valence electrons. The van der Waals surface area contributed by atoms with Crippen LogP contribution in [0.15, 0.2) is 64.6 Å². The van der Waals surface area contributed by atoms with Crippen LogP contribution in [0.3, 0.4) is 0 Å². The maximum absolute atomic E-state index is 12.5. The third kappa shape index (κ3) is 4.58. The largest absolute Gasteiger partial charge is 0.325 e. The number of sulfonamides is 1. The first-order valence-electron chi connectivity index (χ1n) is 9.63. The summed E-state index contributed by atoms with van der Waals surface area (Å²) < 4.78 is 25.1. The Bertz CT molecular complexity index is 1170. The van der Waals surface area contributed by atoms with Gasteiger partial charge in [-0.15, -0.1) is 0 Å². The molecule has 7 nitrogen and oxygen atoms in total. The van der Waals surface area contributed by atoms with Gasteiger partial charge in [0.25, 0.3) is 0 Å². The molecule has 3 N–H and O–H groups in total. The zero-order valence-corrected chi connectivity index (χ0v) is 17.9. The number of imidazole rings is 1. The number of hydrogen-bond donors (Lipinski definition) is 2. The van der Waals surface area contributed by atoms with E-state index in [0.717, 1.165) is 42.2 Å². The van der Waals surface area contributed by atoms with Gasteiger partial charge in [-0.1, -0.05) is 36.0 Å². The van der Waals surface area contributed by atoms with E-state index in [9.17, 15) is 13.2 Å². The molecule has 1 heterocycles. The second-order valence-electron chi connectivity index (χ2n) is 7.08. The van der Waals surface area contributed by atoms with Crippen molar-refractivity contribution in [2.75, 3.05) is 11.1 Å². The maximum atomic E-state index is 12.5. The summed E-state index contributed by atoms with van der Waals surface area (Å²) >= 11 is 1.37. The topological polar surface area (TPSA) is 107 Å². The molecular weight excluding hydrogens is 420 g/mol. The van der Waals surface area contributed by atoms with Crippen LogP contribution in [-0.4, -0.2) is 29.6 Å². The van der Waals surface area contributed by atoms with Crippen molar-refractivity contribution < 1.29 is 13.2 Å². The highest BCUT2D eigenvalue weighted by atomic mass is 32.2. The Labute approximate surface area is 179 Å². The third-order valence-corrected chi connectivity index (χ3v) is 6.74. The average Bonchev–Trinajstić information content (AvgIpc) is 3.11. The van der Waals surface area contributed by atoms with E-state index in [1.165, 1.54) is 29.6 Å². The number of nitrogens with two attached hydrogens (primary N) is 1. The first-order valence-corrected chi connectivity index (χ1v) is 12.2. The summed E-state index contributed by atoms with van der Waals surface area (Å²) in [5.41, 5.74) is 3.75. The summed E-state index contributed by atoms with van der Waals surface area (Å²) in [5.74, 6) is -0.0883. The SMILES string of the molecule is NS(=O)(=O)c1cccc(NC(=O)CSc2nc3c(n2-c2ccccc2)CCCC3)c1. The van der Waals surface area contributed by atoms with Crippen LogP contribution in [0, 0.1) is 0 Å². The van der Waals surface area contributed by atoms with Gasteiger partial charge < -0.3 is 5.32 Å². The van der Waals surface area contributed by atoms with E-state index in [2.05, 4.69) is 9.88 Å². The molecule has 9 heteroatoms. The number of amides is 1. The molecule has 0 aliphatic heterocycles. The molecule has 0 fully saturated rings. The van der Waals surface area contributed by atoms with Crippen molar-refractivity contribution in [2.45, 2.75) is 35.7 Å². The van der Waals surface area contributed by atoms with Crippen molar-refractivity contribution in [1.82, 2.24) is 9.55 Å². The highest BCUT2D eigenvalue weighted by Gasteiger charge is 2.22. The number of nitrogens with one attached hydrogen (secondary N) is 1. The number of aromatic nitrogens is 2. The van der Waals surface area contributed by atoms with Crippen LogP contribution >= 0.6 is 11.8 Å². The number of carbonyl (C=O) groups excluding carboxylic acids is 1. The Morgan fingerprint density at radius 2 is 1.87 bits per heavy atom. The molecule has 0 saturated heterocycles. The Morgan fingerprint density at radius 3 is 2.63 bits per heavy atom. The zero-order valence-electron chi connectivity index (χ0n) is 16.2. The smallest absolute Gasteiger partial charge is 0.238 e. The lowest BCUT2D eigenvalue weighted by molar-refractivity contribution is -0.113. The van der Waals surface area contributed by atoms with E-state index in [1.807, 2.05) is 30.3 Å². The molecule has 0 atom stereocenters. The number of fused-ring (bicyclic) bond motifs is 1. The number of primary sulfonamides is 1. The Balaban J connectivity index is 1.52. The molecule has 0 radical (unpaired) electrons. The monoisotopic (exact) mass is 442 g/mol. The Morgan fingerprint density at radius 1 is 1.10 bits per heavy atom. The normalized spacial score (nSPS) is 13.6. The number of benzene rings is 2. The summed E-state index contributed by atoms with van der Waals surface area (Å²) in [6.07, 6.45) is 4.19. The van der Waals surface area contributed by atoms with E-state index in [1.54, 1.807) is 12.1 Å². The third-order valence-electron chi connectivity index (χ3n) is 4.90. The van der Waals surface area contributed by atoms with Crippen LogP contribution in [-0.2, 0) is 27.7 Å². The minimum atomic E-state index is -3.82. The molecule has 0 unspecified atom stereocenters. The van der Waals surface area contributed by atoms with Gasteiger partial charge in [0.05, 0.1) is 16.3 Å². The molecule has 4 rings (SSSR count). The van der Waals surface area contributed by atoms with Crippen LogP contribution in [0.25, 0.3) is 5.69 Å². The van der Waals surface area contributed by atoms with Gasteiger partial charge in [-0.25, -0.2) is 18.5 Å². The fraction of sp³-hybridized carbons (Fsp3) is 0.238. The van der Waals surface area contributed by atoms with Gasteiger partial charge in [-0.05, 0) is 56.0 Å². The predicted molar refractivity (Wildman–Crippen MR) is 117 cm³/mol. The fourth-order valence-corrected chi connectivity index (χ4v) is 4.95. The maximum Gasteiger partial charge on any atom is 0.238 e. The second kappa shape index (κ2) is 8.63. The molecule has 0 spiro atoms. The van der Waals surface area contributed by atoms with Gasteiger partial charge in [-0.2, -0.15) is 0 Å². The molecule has 1 aromatic heterocycles. The van der Waals surface area contributed by atoms with Gasteiger partial charge in [0, 0.05) is 17.1 Å². The first-order chi connectivity index (χ1) is 14.4. The molecule has 3 aromatic rings. The van der Waals surface area contributed by atoms with E-state index < -0.39 is 10.0 Å². The van der Waals surface area contributed by atoms with Crippen LogP contribution in [0.4, 0.5) is 5.69 Å². The first kappa shape index (κ1) is 20.6. The lowest BCUT2D eigenvalue weighted by Gasteiger charge is -2.15. The van der Waals surface area contributed by atoms with Gasteiger partial charge in [0.1, 0.15) is 0 Å². The van der Waals surface area contributed by atoms with E-state index in [-0.39, 0.29) is 16.6 Å². The molecular formula is C21H22N4O3S2. The number of aryl methyl sites for hydroxylation is 1. The number of thioether (sulfide) groups is 1. The highest BCUT2D eigenvalue weighted by molar-refractivity contribution is 7.99. The van der Waals surface area contributed by atoms with Crippen LogP contribution in [0.1, 0.15) is 24.2 Å². The van der Waals surface area contributed by atoms with Crippen LogP contribution < -0.4 is 10.5 Å². The summed E-state index contributed by atoms with van der Waals surface area (Å²) in [6, 6.07) is 15.9. The Kier molecular flexibility index (Phi) is 5.94. The van der Waals surface area contributed by atoms with E-state index in [0.29, 0.717) is 5.69 Å². The fourth-order valence-electron chi connectivity index (χ4n) is 3.53. The highest BCUT2D eigenvalue weighted by Crippen LogP contribution is 2.30. The van der Waals surface area contributed by atoms with Gasteiger partial charge in [0.2, 0.25) is 15.9 Å². The van der Waals surface area contributed by atoms with Gasteiger partial charge in [0.15, 0.2) is 5.16 Å². The number of nitrogens with zero attached hydrogens (tertiary/aromatic N) is 2. The summed E-state index contributed by atoms with van der Waals surface area (Å²) in [7, 11) is -3.82. The second-order valence-corrected chi connectivity index (χ2v) is 9.58. The number of rotatable bonds is 6. The molecule has 2 aromatic carbocycles. The number of hydrogen-bond acceptors (Lipinski definition) is 5. The van der Waals surface area contributed by atoms with Crippen molar-refractivity contribution in [2.24, 2.45) is 5.14 Å². The summed E-state index contributed by atoms with van der Waals surface area (Å²) in [4.78, 5) is 17.2. The van der Waals surface area contributed by atoms with E-state index >= 15 is 0 Å². The number of para-hydroxylation sites is 1. The minimum Gasteiger partial charge on any atom is -0.325 e. The van der Waals surface area contributed by atoms with Crippen LogP contribution in [0.2, 0.25) is 0 Å². The standard InChI is InChI=1S/C21H22N4O3S2/c22-30(27,28)17-10-6-7-15(13-17)23-20(26)14-29-21-24-18-11-4-5-12-19(18)25(21)16-8-2-1-3-9-16/h1-3,6-10,13H,4-5,11-12,14H2,(H,23,26)(H2,22,27,28). The lowest BCUT2D eigenvalue weighted by atomic mass is 10.0. The van der Waals surface area contributed by atoms with Gasteiger partial charge >= 0.3 is 0 Å².